The average molecular weight is 448 g/mol. The third-order valence-corrected chi connectivity index (χ3v) is 6.13. The predicted molar refractivity (Wildman–Crippen MR) is 135 cm³/mol. The lowest BCUT2D eigenvalue weighted by molar-refractivity contribution is -0.135. The van der Waals surface area contributed by atoms with Gasteiger partial charge in [-0.15, -0.1) is 0 Å². The maximum absolute atomic E-state index is 11.3. The number of rotatable bonds is 12. The summed E-state index contributed by atoms with van der Waals surface area (Å²) in [5.41, 5.74) is 4.90. The second kappa shape index (κ2) is 12.4. The molecule has 1 aromatic carbocycles. The third kappa shape index (κ3) is 7.33. The predicted octanol–water partition coefficient (Wildman–Crippen LogP) is 4.93. The van der Waals surface area contributed by atoms with Gasteiger partial charge in [0.2, 0.25) is 0 Å². The van der Waals surface area contributed by atoms with Gasteiger partial charge in [0.15, 0.2) is 0 Å². The van der Waals surface area contributed by atoms with E-state index in [9.17, 15) is 9.90 Å². The van der Waals surface area contributed by atoms with E-state index >= 15 is 0 Å². The number of hydrogen-bond donors (Lipinski definition) is 1. The summed E-state index contributed by atoms with van der Waals surface area (Å²) in [5.74, 6) is -0.750. The number of fused-ring (bicyclic) bond motifs is 1. The molecule has 33 heavy (non-hydrogen) atoms. The number of carbonyl (C=O) groups is 1. The van der Waals surface area contributed by atoms with Gasteiger partial charge in [0.1, 0.15) is 0 Å². The number of aryl methyl sites for hydroxylation is 1. The van der Waals surface area contributed by atoms with Crippen LogP contribution in [0.15, 0.2) is 60.2 Å². The van der Waals surface area contributed by atoms with E-state index in [1.54, 1.807) is 0 Å². The molecule has 4 heteroatoms. The Kier molecular flexibility index (Phi) is 9.32. The van der Waals surface area contributed by atoms with Crippen LogP contribution in [0.4, 0.5) is 0 Å². The largest absolute Gasteiger partial charge is 0.481 e. The lowest BCUT2D eigenvalue weighted by Crippen LogP contribution is -2.34. The summed E-state index contributed by atoms with van der Waals surface area (Å²) < 4.78 is 8.30. The van der Waals surface area contributed by atoms with E-state index in [2.05, 4.69) is 80.0 Å². The van der Waals surface area contributed by atoms with Crippen LogP contribution in [-0.2, 0) is 22.5 Å². The van der Waals surface area contributed by atoms with E-state index in [0.717, 1.165) is 49.4 Å². The first-order chi connectivity index (χ1) is 16.0. The number of aromatic nitrogens is 1. The number of carboxylic acids is 1. The maximum Gasteiger partial charge on any atom is 0.307 e. The van der Waals surface area contributed by atoms with E-state index in [-0.39, 0.29) is 12.5 Å². The lowest BCUT2D eigenvalue weighted by Gasteiger charge is -2.13. The van der Waals surface area contributed by atoms with E-state index in [1.165, 1.54) is 22.2 Å². The Morgan fingerprint density at radius 1 is 1.27 bits per heavy atom. The molecule has 1 atom stereocenters. The molecule has 0 fully saturated rings. The molecule has 3 rings (SSSR count). The van der Waals surface area contributed by atoms with Crippen molar-refractivity contribution in [1.29, 1.82) is 0 Å². The van der Waals surface area contributed by atoms with Crippen molar-refractivity contribution in [3.05, 3.63) is 82.0 Å². The monoisotopic (exact) mass is 447 g/mol. The molecule has 0 aliphatic heterocycles. The fraction of sp³-hybridized carbons (Fsp3) is 0.414. The smallest absolute Gasteiger partial charge is 0.307 e. The standard InChI is InChI=1S/C29H37NO3/c1-4-10-25(14-8-11-23(3)33-18-17-24-12-6-5-7-13-24)21-30-22(2)19-27-26(20-29(31)32)15-9-16-28(27)30/h5-8,10-13,16,19,23H,4,9,14-15,17-18,20-21H2,1-3H3,(H,31,32)/b11-8-,25-10+. The Labute approximate surface area is 197 Å². The molecule has 0 bridgehead atoms. The van der Waals surface area contributed by atoms with E-state index in [4.69, 9.17) is 4.74 Å². The van der Waals surface area contributed by atoms with Crippen LogP contribution >= 0.6 is 0 Å². The zero-order valence-electron chi connectivity index (χ0n) is 20.2. The molecule has 0 spiro atoms. The van der Waals surface area contributed by atoms with E-state index < -0.39 is 5.97 Å². The summed E-state index contributed by atoms with van der Waals surface area (Å²) in [5, 5.41) is 11.6. The number of benzene rings is 1. The fourth-order valence-corrected chi connectivity index (χ4v) is 4.47. The zero-order chi connectivity index (χ0) is 23.6. The minimum absolute atomic E-state index is 0.0826. The first-order valence-electron chi connectivity index (χ1n) is 12.1. The highest BCUT2D eigenvalue weighted by Gasteiger charge is 2.13. The maximum atomic E-state index is 11.3. The van der Waals surface area contributed by atoms with Crippen molar-refractivity contribution in [3.8, 4) is 0 Å². The molecular formula is C29H37NO3. The second-order valence-electron chi connectivity index (χ2n) is 8.80. The van der Waals surface area contributed by atoms with Crippen LogP contribution in [0.1, 0.15) is 57.2 Å². The first-order valence-corrected chi connectivity index (χ1v) is 12.1. The summed E-state index contributed by atoms with van der Waals surface area (Å²) >= 11 is 0. The normalized spacial score (nSPS) is 14.9. The molecule has 4 nitrogen and oxygen atoms in total. The molecule has 176 valence electrons. The Hall–Kier alpha value is -2.85. The summed E-state index contributed by atoms with van der Waals surface area (Å²) in [6.45, 7) is 7.92. The Bertz CT molecular complexity index is 1110. The van der Waals surface area contributed by atoms with Crippen molar-refractivity contribution in [3.63, 3.8) is 0 Å². The molecular weight excluding hydrogens is 410 g/mol. The highest BCUT2D eigenvalue weighted by atomic mass is 16.5. The SMILES string of the molecule is CC/C=C(\C/C=C\C(C)OCCc1ccccc1)Cn1c(C)cc2c1=CCCC=2CC(=O)O. The molecule has 1 aliphatic carbocycles. The molecule has 0 saturated carbocycles. The van der Waals surface area contributed by atoms with Crippen molar-refractivity contribution < 1.29 is 14.6 Å². The minimum Gasteiger partial charge on any atom is -0.481 e. The molecule has 0 radical (unpaired) electrons. The highest BCUT2D eigenvalue weighted by molar-refractivity contribution is 5.78. The molecule has 1 N–H and O–H groups in total. The van der Waals surface area contributed by atoms with Crippen molar-refractivity contribution in [2.75, 3.05) is 6.61 Å². The number of aliphatic carboxylic acids is 1. The van der Waals surface area contributed by atoms with Crippen LogP contribution < -0.4 is 10.6 Å². The summed E-state index contributed by atoms with van der Waals surface area (Å²) in [6.07, 6.45) is 13.7. The molecule has 1 unspecified atom stereocenters. The van der Waals surface area contributed by atoms with Crippen LogP contribution in [0.3, 0.4) is 0 Å². The fourth-order valence-electron chi connectivity index (χ4n) is 4.47. The molecule has 1 aliphatic rings. The van der Waals surface area contributed by atoms with Crippen LogP contribution in [0.2, 0.25) is 0 Å². The van der Waals surface area contributed by atoms with Crippen LogP contribution in [0.5, 0.6) is 0 Å². The summed E-state index contributed by atoms with van der Waals surface area (Å²) in [6, 6.07) is 12.6. The summed E-state index contributed by atoms with van der Waals surface area (Å²) in [4.78, 5) is 11.3. The van der Waals surface area contributed by atoms with E-state index in [1.807, 2.05) is 6.07 Å². The Morgan fingerprint density at radius 2 is 2.06 bits per heavy atom. The minimum atomic E-state index is -0.750. The van der Waals surface area contributed by atoms with Crippen LogP contribution in [0, 0.1) is 6.92 Å². The number of hydrogen-bond acceptors (Lipinski definition) is 2. The van der Waals surface area contributed by atoms with Gasteiger partial charge in [-0.25, -0.2) is 0 Å². The Morgan fingerprint density at radius 3 is 2.79 bits per heavy atom. The van der Waals surface area contributed by atoms with Gasteiger partial charge in [0, 0.05) is 17.6 Å². The topological polar surface area (TPSA) is 51.5 Å². The molecule has 0 saturated heterocycles. The highest BCUT2D eigenvalue weighted by Crippen LogP contribution is 2.15. The number of allylic oxidation sites excluding steroid dienone is 3. The number of nitrogens with zero attached hydrogens (tertiary/aromatic N) is 1. The van der Waals surface area contributed by atoms with Gasteiger partial charge >= 0.3 is 5.97 Å². The van der Waals surface area contributed by atoms with Gasteiger partial charge in [-0.3, -0.25) is 4.79 Å². The van der Waals surface area contributed by atoms with Gasteiger partial charge < -0.3 is 14.4 Å². The van der Waals surface area contributed by atoms with Gasteiger partial charge in [0.05, 0.1) is 19.1 Å². The van der Waals surface area contributed by atoms with Gasteiger partial charge in [-0.05, 0) is 68.4 Å². The Balaban J connectivity index is 1.62. The molecule has 1 heterocycles. The third-order valence-electron chi connectivity index (χ3n) is 6.13. The van der Waals surface area contributed by atoms with Crippen LogP contribution in [-0.4, -0.2) is 28.4 Å². The van der Waals surface area contributed by atoms with Gasteiger partial charge in [-0.2, -0.15) is 0 Å². The first kappa shape index (κ1) is 24.8. The zero-order valence-corrected chi connectivity index (χ0v) is 20.2. The molecule has 2 aromatic rings. The van der Waals surface area contributed by atoms with Crippen molar-refractivity contribution >= 4 is 17.6 Å². The average Bonchev–Trinajstić information content (AvgIpc) is 3.10. The van der Waals surface area contributed by atoms with Crippen molar-refractivity contribution in [2.45, 2.75) is 71.9 Å². The van der Waals surface area contributed by atoms with Crippen LogP contribution in [0.25, 0.3) is 11.6 Å². The van der Waals surface area contributed by atoms with E-state index in [0.29, 0.717) is 6.61 Å². The lowest BCUT2D eigenvalue weighted by atomic mass is 10.0. The second-order valence-corrected chi connectivity index (χ2v) is 8.80. The number of ether oxygens (including phenoxy) is 1. The molecule has 1 aromatic heterocycles. The number of carboxylic acid groups (broad SMARTS) is 1. The van der Waals surface area contributed by atoms with Gasteiger partial charge in [-0.1, -0.05) is 67.1 Å². The van der Waals surface area contributed by atoms with Gasteiger partial charge in [0.25, 0.3) is 0 Å². The summed E-state index contributed by atoms with van der Waals surface area (Å²) in [7, 11) is 0. The quantitative estimate of drug-likeness (QED) is 0.470. The van der Waals surface area contributed by atoms with Crippen molar-refractivity contribution in [1.82, 2.24) is 4.57 Å². The van der Waals surface area contributed by atoms with Crippen molar-refractivity contribution in [2.24, 2.45) is 0 Å². The molecule has 0 amide bonds.